The van der Waals surface area contributed by atoms with Crippen LogP contribution in [0.2, 0.25) is 5.02 Å². The van der Waals surface area contributed by atoms with Crippen molar-refractivity contribution >= 4 is 61.0 Å². The van der Waals surface area contributed by atoms with Gasteiger partial charge in [0.2, 0.25) is 0 Å². The zero-order chi connectivity index (χ0) is 18.7. The van der Waals surface area contributed by atoms with Crippen molar-refractivity contribution in [2.45, 2.75) is 13.5 Å². The Balaban J connectivity index is 2.13. The zero-order valence-electron chi connectivity index (χ0n) is 13.7. The third kappa shape index (κ3) is 4.06. The first-order valence-corrected chi connectivity index (χ1v) is 9.76. The van der Waals surface area contributed by atoms with Crippen molar-refractivity contribution < 1.29 is 14.3 Å². The standard InChI is InChI=1S/C18H14BrClN2O3S/c1-2-25-16(23)10-22-14-8-7-11(19)9-15(14)26-18(22)21-17(24)12-5-3-4-6-13(12)20/h3-9H,2,10H2,1H3. The molecular weight excluding hydrogens is 440 g/mol. The summed E-state index contributed by atoms with van der Waals surface area (Å²) in [4.78, 5) is 29.2. The Morgan fingerprint density at radius 2 is 2.04 bits per heavy atom. The van der Waals surface area contributed by atoms with Gasteiger partial charge in [0, 0.05) is 4.47 Å². The molecule has 8 heteroatoms. The number of carbonyl (C=O) groups excluding carboxylic acids is 2. The predicted molar refractivity (Wildman–Crippen MR) is 105 cm³/mol. The second-order valence-electron chi connectivity index (χ2n) is 5.28. The molecule has 0 bridgehead atoms. The molecule has 1 heterocycles. The fourth-order valence-corrected chi connectivity index (χ4v) is 4.20. The molecule has 2 aromatic carbocycles. The number of esters is 1. The van der Waals surface area contributed by atoms with E-state index in [9.17, 15) is 9.59 Å². The summed E-state index contributed by atoms with van der Waals surface area (Å²) in [5.41, 5.74) is 1.12. The molecule has 0 atom stereocenters. The number of nitrogens with zero attached hydrogens (tertiary/aromatic N) is 2. The highest BCUT2D eigenvalue weighted by molar-refractivity contribution is 9.10. The Morgan fingerprint density at radius 1 is 1.27 bits per heavy atom. The van der Waals surface area contributed by atoms with E-state index in [0.717, 1.165) is 14.7 Å². The van der Waals surface area contributed by atoms with E-state index in [4.69, 9.17) is 16.3 Å². The third-order valence-corrected chi connectivity index (χ3v) is 5.40. The monoisotopic (exact) mass is 452 g/mol. The fourth-order valence-electron chi connectivity index (χ4n) is 2.40. The average molecular weight is 454 g/mol. The van der Waals surface area contributed by atoms with Crippen LogP contribution in [0.1, 0.15) is 17.3 Å². The van der Waals surface area contributed by atoms with Crippen LogP contribution in [0.15, 0.2) is 51.9 Å². The van der Waals surface area contributed by atoms with Crippen molar-refractivity contribution in [3.05, 3.63) is 62.3 Å². The second kappa shape index (κ2) is 8.16. The van der Waals surface area contributed by atoms with E-state index in [1.165, 1.54) is 11.3 Å². The summed E-state index contributed by atoms with van der Waals surface area (Å²) in [7, 11) is 0. The van der Waals surface area contributed by atoms with Gasteiger partial charge in [0.1, 0.15) is 6.54 Å². The van der Waals surface area contributed by atoms with E-state index in [0.29, 0.717) is 15.4 Å². The Bertz CT molecular complexity index is 1060. The van der Waals surface area contributed by atoms with Gasteiger partial charge in [0.25, 0.3) is 5.91 Å². The van der Waals surface area contributed by atoms with Crippen LogP contribution in [0.3, 0.4) is 0 Å². The minimum absolute atomic E-state index is 0.0237. The molecular formula is C18H14BrClN2O3S. The zero-order valence-corrected chi connectivity index (χ0v) is 16.9. The number of hydrogen-bond acceptors (Lipinski definition) is 4. The number of carbonyl (C=O) groups is 2. The lowest BCUT2D eigenvalue weighted by Crippen LogP contribution is -2.23. The number of benzene rings is 2. The van der Waals surface area contributed by atoms with Gasteiger partial charge in [-0.15, -0.1) is 0 Å². The van der Waals surface area contributed by atoms with Gasteiger partial charge in [-0.3, -0.25) is 9.59 Å². The Labute approximate surface area is 167 Å². The summed E-state index contributed by atoms with van der Waals surface area (Å²) >= 11 is 10.8. The van der Waals surface area contributed by atoms with Crippen LogP contribution in [0, 0.1) is 0 Å². The molecule has 26 heavy (non-hydrogen) atoms. The van der Waals surface area contributed by atoms with Gasteiger partial charge in [0.15, 0.2) is 4.80 Å². The number of rotatable bonds is 4. The highest BCUT2D eigenvalue weighted by atomic mass is 79.9. The Kier molecular flexibility index (Phi) is 5.90. The molecule has 0 fully saturated rings. The van der Waals surface area contributed by atoms with E-state index in [1.54, 1.807) is 35.8 Å². The predicted octanol–water partition coefficient (Wildman–Crippen LogP) is 4.42. The van der Waals surface area contributed by atoms with Crippen molar-refractivity contribution in [1.29, 1.82) is 0 Å². The summed E-state index contributed by atoms with van der Waals surface area (Å²) < 4.78 is 8.52. The van der Waals surface area contributed by atoms with Crippen molar-refractivity contribution in [2.75, 3.05) is 6.61 Å². The maximum Gasteiger partial charge on any atom is 0.326 e. The van der Waals surface area contributed by atoms with Gasteiger partial charge in [0.05, 0.1) is 27.4 Å². The largest absolute Gasteiger partial charge is 0.465 e. The summed E-state index contributed by atoms with van der Waals surface area (Å²) in [5, 5.41) is 0.335. The van der Waals surface area contributed by atoms with Crippen LogP contribution in [0.25, 0.3) is 10.2 Å². The molecule has 0 unspecified atom stereocenters. The maximum absolute atomic E-state index is 12.6. The van der Waals surface area contributed by atoms with Crippen molar-refractivity contribution in [3.63, 3.8) is 0 Å². The fraction of sp³-hybridized carbons (Fsp3) is 0.167. The number of ether oxygens (including phenoxy) is 1. The average Bonchev–Trinajstić information content (AvgIpc) is 2.91. The highest BCUT2D eigenvalue weighted by Gasteiger charge is 2.14. The molecule has 3 aromatic rings. The van der Waals surface area contributed by atoms with Gasteiger partial charge in [-0.25, -0.2) is 0 Å². The SMILES string of the molecule is CCOC(=O)Cn1c(=NC(=O)c2ccccc2Cl)sc2cc(Br)ccc21. The van der Waals surface area contributed by atoms with Gasteiger partial charge >= 0.3 is 5.97 Å². The summed E-state index contributed by atoms with van der Waals surface area (Å²) in [5.74, 6) is -0.847. The molecule has 0 aliphatic heterocycles. The number of fused-ring (bicyclic) bond motifs is 1. The number of amides is 1. The number of hydrogen-bond donors (Lipinski definition) is 0. The molecule has 3 rings (SSSR count). The lowest BCUT2D eigenvalue weighted by molar-refractivity contribution is -0.143. The van der Waals surface area contributed by atoms with E-state index in [2.05, 4.69) is 20.9 Å². The molecule has 134 valence electrons. The van der Waals surface area contributed by atoms with Gasteiger partial charge in [-0.05, 0) is 37.3 Å². The van der Waals surface area contributed by atoms with Crippen LogP contribution >= 0.6 is 38.9 Å². The molecule has 1 aromatic heterocycles. The summed E-state index contributed by atoms with van der Waals surface area (Å²) in [6, 6.07) is 12.4. The van der Waals surface area contributed by atoms with Crippen LogP contribution in [-0.2, 0) is 16.1 Å². The Hall–Kier alpha value is -1.96. The molecule has 0 N–H and O–H groups in total. The van der Waals surface area contributed by atoms with Gasteiger partial charge in [-0.1, -0.05) is 51.0 Å². The third-order valence-electron chi connectivity index (χ3n) is 3.54. The first kappa shape index (κ1) is 18.8. The highest BCUT2D eigenvalue weighted by Crippen LogP contribution is 2.23. The van der Waals surface area contributed by atoms with Gasteiger partial charge < -0.3 is 9.30 Å². The molecule has 0 radical (unpaired) electrons. The summed E-state index contributed by atoms with van der Waals surface area (Å²) in [6.07, 6.45) is 0. The van der Waals surface area contributed by atoms with Crippen LogP contribution in [-0.4, -0.2) is 23.1 Å². The first-order chi connectivity index (χ1) is 12.5. The topological polar surface area (TPSA) is 60.7 Å². The molecule has 5 nitrogen and oxygen atoms in total. The van der Waals surface area contributed by atoms with Gasteiger partial charge in [-0.2, -0.15) is 4.99 Å². The molecule has 0 aliphatic carbocycles. The van der Waals surface area contributed by atoms with Crippen molar-refractivity contribution in [1.82, 2.24) is 4.57 Å². The summed E-state index contributed by atoms with van der Waals surface area (Å²) in [6.45, 7) is 2.01. The first-order valence-electron chi connectivity index (χ1n) is 7.77. The van der Waals surface area contributed by atoms with E-state index < -0.39 is 5.91 Å². The lowest BCUT2D eigenvalue weighted by Gasteiger charge is -2.05. The number of halogens is 2. The van der Waals surface area contributed by atoms with E-state index >= 15 is 0 Å². The van der Waals surface area contributed by atoms with E-state index in [1.807, 2.05) is 18.2 Å². The van der Waals surface area contributed by atoms with Crippen LogP contribution in [0.5, 0.6) is 0 Å². The minimum atomic E-state index is -0.459. The Morgan fingerprint density at radius 3 is 2.77 bits per heavy atom. The molecule has 0 saturated heterocycles. The van der Waals surface area contributed by atoms with Crippen LogP contribution < -0.4 is 4.80 Å². The lowest BCUT2D eigenvalue weighted by atomic mass is 10.2. The quantitative estimate of drug-likeness (QED) is 0.549. The molecule has 0 saturated carbocycles. The van der Waals surface area contributed by atoms with Crippen molar-refractivity contribution in [3.8, 4) is 0 Å². The molecule has 0 spiro atoms. The number of aromatic nitrogens is 1. The minimum Gasteiger partial charge on any atom is -0.465 e. The smallest absolute Gasteiger partial charge is 0.326 e. The van der Waals surface area contributed by atoms with Crippen molar-refractivity contribution in [2.24, 2.45) is 4.99 Å². The molecule has 0 aliphatic rings. The molecule has 1 amide bonds. The normalized spacial score (nSPS) is 11.7. The van der Waals surface area contributed by atoms with Crippen LogP contribution in [0.4, 0.5) is 0 Å². The number of thiazole rings is 1. The maximum atomic E-state index is 12.6. The second-order valence-corrected chi connectivity index (χ2v) is 7.62. The van der Waals surface area contributed by atoms with E-state index in [-0.39, 0.29) is 19.1 Å².